The average Bonchev–Trinajstić information content (AvgIpc) is 3.95. The maximum Gasteiger partial charge on any atom is 0.156 e. The minimum atomic E-state index is 0.00539. The molecule has 6 aromatic rings. The summed E-state index contributed by atoms with van der Waals surface area (Å²) >= 11 is 0. The van der Waals surface area contributed by atoms with Crippen molar-refractivity contribution in [1.29, 1.82) is 0 Å². The van der Waals surface area contributed by atoms with Crippen LogP contribution in [0.4, 0.5) is 0 Å². The number of aryl methyl sites for hydroxylation is 1. The normalized spacial score (nSPS) is 12.3. The number of aromatic nitrogens is 15. The average molecular weight is 842 g/mol. The van der Waals surface area contributed by atoms with Crippen LogP contribution in [0.15, 0.2) is 36.7 Å². The predicted molar refractivity (Wildman–Crippen MR) is 247 cm³/mol. The number of H-pyrrole nitrogens is 5. The molecule has 0 radical (unpaired) electrons. The van der Waals surface area contributed by atoms with Gasteiger partial charge in [-0.15, -0.1) is 0 Å². The van der Waals surface area contributed by atoms with Crippen LogP contribution in [-0.4, -0.2) is 75.9 Å². The summed E-state index contributed by atoms with van der Waals surface area (Å²) < 4.78 is 0. The molecule has 0 bridgehead atoms. The molecular formula is C46H79N15. The molecule has 1 aromatic carbocycles. The van der Waals surface area contributed by atoms with Crippen LogP contribution in [0, 0.1) is 12.8 Å². The maximum atomic E-state index is 4.51. The van der Waals surface area contributed by atoms with Crippen LogP contribution >= 0.6 is 0 Å². The van der Waals surface area contributed by atoms with Crippen LogP contribution in [0.2, 0.25) is 0 Å². The Balaban J connectivity index is 0.000000266. The number of nitrogens with one attached hydrogen (secondary N) is 5. The first-order valence-electron chi connectivity index (χ1n) is 21.3. The molecule has 61 heavy (non-hydrogen) atoms. The fourth-order valence-corrected chi connectivity index (χ4v) is 4.79. The van der Waals surface area contributed by atoms with Gasteiger partial charge in [-0.3, -0.25) is 25.5 Å². The van der Waals surface area contributed by atoms with E-state index in [1.807, 2.05) is 25.1 Å². The zero-order chi connectivity index (χ0) is 46.6. The van der Waals surface area contributed by atoms with Crippen molar-refractivity contribution in [3.05, 3.63) is 94.6 Å². The highest BCUT2D eigenvalue weighted by atomic mass is 15.2. The molecule has 0 saturated heterocycles. The first kappa shape index (κ1) is 52.1. The lowest BCUT2D eigenvalue weighted by atomic mass is 9.94. The van der Waals surface area contributed by atoms with E-state index >= 15 is 0 Å². The first-order chi connectivity index (χ1) is 27.8. The molecule has 0 atom stereocenters. The van der Waals surface area contributed by atoms with E-state index in [0.29, 0.717) is 5.92 Å². The number of hydrogen-bond acceptors (Lipinski definition) is 10. The third-order valence-electron chi connectivity index (χ3n) is 8.48. The molecule has 338 valence electrons. The van der Waals surface area contributed by atoms with Gasteiger partial charge in [0, 0.05) is 45.3 Å². The molecule has 0 saturated carbocycles. The Bertz CT molecular complexity index is 2060. The van der Waals surface area contributed by atoms with Crippen molar-refractivity contribution in [2.45, 2.75) is 191 Å². The summed E-state index contributed by atoms with van der Waals surface area (Å²) in [4.78, 5) is 21.7. The van der Waals surface area contributed by atoms with Crippen molar-refractivity contribution in [3.8, 4) is 0 Å². The number of hydrogen-bond donors (Lipinski definition) is 5. The van der Waals surface area contributed by atoms with Crippen molar-refractivity contribution in [2.24, 2.45) is 5.92 Å². The number of rotatable bonds is 4. The fraction of sp³-hybridized carbons (Fsp3) is 0.652. The maximum absolute atomic E-state index is 4.51. The van der Waals surface area contributed by atoms with Crippen molar-refractivity contribution in [1.82, 2.24) is 75.9 Å². The summed E-state index contributed by atoms with van der Waals surface area (Å²) in [7, 11) is 0. The standard InChI is InChI=1S/C13H17N3.2C10H19N3.C7H13N3.C6H11N3/c1-13(2,3)12-14-11(15-16-12)9-10-7-5-4-6-8-10;1-9(2,3)7-11-8(13-12-7)10(4,5)6;1-7(2)6-8-11-9(13-12-8)10(3,4)5;1-5-8-6(10-9-5)7(2,3)4;1-6(2,3)5-7-4-8-9-5/h4-8H,9H2,1-3H3,(H,14,15,16);1-6H3,(H,11,12,13);7H,6H2,1-5H3,(H,11,12,13);1-4H3,(H,8,9,10);4H,1-3H3,(H,7,8,9). The highest BCUT2D eigenvalue weighted by molar-refractivity contribution is 5.19. The fourth-order valence-electron chi connectivity index (χ4n) is 4.79. The second kappa shape index (κ2) is 21.1. The van der Waals surface area contributed by atoms with Crippen molar-refractivity contribution in [2.75, 3.05) is 0 Å². The van der Waals surface area contributed by atoms with Gasteiger partial charge >= 0.3 is 0 Å². The van der Waals surface area contributed by atoms with Gasteiger partial charge in [0.15, 0.2) is 23.3 Å². The Morgan fingerprint density at radius 3 is 1.21 bits per heavy atom. The molecule has 0 fully saturated rings. The molecule has 5 aromatic heterocycles. The third kappa shape index (κ3) is 19.0. The van der Waals surface area contributed by atoms with E-state index in [4.69, 9.17) is 0 Å². The molecule has 6 rings (SSSR count). The Kier molecular flexibility index (Phi) is 18.0. The van der Waals surface area contributed by atoms with E-state index in [1.165, 1.54) is 11.9 Å². The molecule has 5 N–H and O–H groups in total. The second-order valence-electron chi connectivity index (χ2n) is 22.1. The molecule has 5 heterocycles. The molecule has 15 nitrogen and oxygen atoms in total. The van der Waals surface area contributed by atoms with Gasteiger partial charge in [-0.1, -0.05) is 169 Å². The molecular weight excluding hydrogens is 763 g/mol. The lowest BCUT2D eigenvalue weighted by Gasteiger charge is -2.15. The van der Waals surface area contributed by atoms with E-state index in [1.54, 1.807) is 0 Å². The lowest BCUT2D eigenvalue weighted by Crippen LogP contribution is -2.16. The summed E-state index contributed by atoms with van der Waals surface area (Å²) in [5.74, 6) is 8.87. The third-order valence-corrected chi connectivity index (χ3v) is 8.48. The van der Waals surface area contributed by atoms with Gasteiger partial charge < -0.3 is 0 Å². The Labute approximate surface area is 366 Å². The van der Waals surface area contributed by atoms with E-state index in [-0.39, 0.29) is 32.5 Å². The summed E-state index contributed by atoms with van der Waals surface area (Å²) in [6.07, 6.45) is 3.31. The summed E-state index contributed by atoms with van der Waals surface area (Å²) in [6.45, 7) is 44.2. The SMILES string of the molecule is CC(C)(C)c1n[nH]c(C(C)(C)C)n1.CC(C)(C)c1n[nH]c(Cc2ccccc2)n1.CC(C)(C)c1ncn[nH]1.CC(C)Cc1nc(C(C)(C)C)n[nH]1.Cc1nc(C(C)(C)C)n[nH]1. The van der Waals surface area contributed by atoms with Gasteiger partial charge in [0.05, 0.1) is 0 Å². The Morgan fingerprint density at radius 2 is 0.885 bits per heavy atom. The van der Waals surface area contributed by atoms with Crippen molar-refractivity contribution in [3.63, 3.8) is 0 Å². The summed E-state index contributed by atoms with van der Waals surface area (Å²) in [5, 5.41) is 35.1. The zero-order valence-corrected chi connectivity index (χ0v) is 41.4. The summed E-state index contributed by atoms with van der Waals surface area (Å²) in [5.41, 5.74) is 1.54. The molecule has 0 aliphatic rings. The van der Waals surface area contributed by atoms with E-state index in [2.05, 4.69) is 227 Å². The first-order valence-corrected chi connectivity index (χ1v) is 21.3. The Morgan fingerprint density at radius 1 is 0.459 bits per heavy atom. The number of benzene rings is 1. The quantitative estimate of drug-likeness (QED) is 0.113. The number of aromatic amines is 5. The van der Waals surface area contributed by atoms with Crippen molar-refractivity contribution < 1.29 is 0 Å². The van der Waals surface area contributed by atoms with Crippen LogP contribution in [-0.2, 0) is 45.3 Å². The highest BCUT2D eigenvalue weighted by Crippen LogP contribution is 2.23. The minimum absolute atomic E-state index is 0.00539. The predicted octanol–water partition coefficient (Wildman–Crippen LogP) is 9.91. The lowest BCUT2D eigenvalue weighted by molar-refractivity contribution is 0.533. The van der Waals surface area contributed by atoms with Gasteiger partial charge in [-0.25, -0.2) is 24.9 Å². The van der Waals surface area contributed by atoms with E-state index in [0.717, 1.165) is 65.3 Å². The van der Waals surface area contributed by atoms with Crippen LogP contribution in [0.1, 0.15) is 196 Å². The molecule has 0 unspecified atom stereocenters. The number of nitrogens with zero attached hydrogens (tertiary/aromatic N) is 10. The van der Waals surface area contributed by atoms with Gasteiger partial charge in [0.25, 0.3) is 0 Å². The largest absolute Gasteiger partial charge is 0.263 e. The van der Waals surface area contributed by atoms with Gasteiger partial charge in [0.2, 0.25) is 0 Å². The monoisotopic (exact) mass is 842 g/mol. The summed E-state index contributed by atoms with van der Waals surface area (Å²) in [6, 6.07) is 10.3. The zero-order valence-electron chi connectivity index (χ0n) is 41.4. The van der Waals surface area contributed by atoms with Crippen molar-refractivity contribution >= 4 is 0 Å². The Hall–Kier alpha value is -5.08. The van der Waals surface area contributed by atoms with Crippen LogP contribution in [0.3, 0.4) is 0 Å². The molecule has 0 amide bonds. The minimum Gasteiger partial charge on any atom is -0.263 e. The highest BCUT2D eigenvalue weighted by Gasteiger charge is 2.24. The van der Waals surface area contributed by atoms with E-state index < -0.39 is 0 Å². The molecule has 0 aliphatic carbocycles. The van der Waals surface area contributed by atoms with Crippen LogP contribution in [0.5, 0.6) is 0 Å². The van der Waals surface area contributed by atoms with Gasteiger partial charge in [-0.2, -0.15) is 25.5 Å². The molecule has 0 aliphatic heterocycles. The molecule has 0 spiro atoms. The van der Waals surface area contributed by atoms with Crippen LogP contribution in [0.25, 0.3) is 0 Å². The van der Waals surface area contributed by atoms with Gasteiger partial charge in [0.1, 0.15) is 35.4 Å². The van der Waals surface area contributed by atoms with Gasteiger partial charge in [-0.05, 0) is 18.4 Å². The molecule has 15 heteroatoms. The topological polar surface area (TPSA) is 208 Å². The van der Waals surface area contributed by atoms with E-state index in [9.17, 15) is 0 Å². The van der Waals surface area contributed by atoms with Crippen LogP contribution < -0.4 is 0 Å². The second-order valence-corrected chi connectivity index (χ2v) is 22.1. The smallest absolute Gasteiger partial charge is 0.156 e.